The summed E-state index contributed by atoms with van der Waals surface area (Å²) >= 11 is 0. The smallest absolute Gasteiger partial charge is 0.259 e. The molecule has 3 heterocycles. The summed E-state index contributed by atoms with van der Waals surface area (Å²) in [4.78, 5) is 23.4. The van der Waals surface area contributed by atoms with Gasteiger partial charge in [0.15, 0.2) is 0 Å². The molecule has 4 rings (SSSR count). The Hall–Kier alpha value is -2.41. The van der Waals surface area contributed by atoms with Crippen molar-refractivity contribution in [2.24, 2.45) is 11.8 Å². The van der Waals surface area contributed by atoms with Crippen LogP contribution in [0, 0.1) is 11.8 Å². The highest BCUT2D eigenvalue weighted by Gasteiger charge is 2.28. The van der Waals surface area contributed by atoms with E-state index < -0.39 is 0 Å². The fraction of sp³-hybridized carbons (Fsp3) is 0.526. The van der Waals surface area contributed by atoms with Gasteiger partial charge in [-0.1, -0.05) is 0 Å². The van der Waals surface area contributed by atoms with E-state index in [-0.39, 0.29) is 11.8 Å². The Balaban J connectivity index is 1.52. The van der Waals surface area contributed by atoms with Crippen molar-refractivity contribution in [2.75, 3.05) is 26.9 Å². The molecule has 1 amide bonds. The van der Waals surface area contributed by atoms with E-state index in [1.807, 2.05) is 17.4 Å². The maximum Gasteiger partial charge on any atom is 0.259 e. The first-order valence-electron chi connectivity index (χ1n) is 9.09. The summed E-state index contributed by atoms with van der Waals surface area (Å²) < 4.78 is 13.3. The summed E-state index contributed by atoms with van der Waals surface area (Å²) in [6, 6.07) is 3.52. The van der Waals surface area contributed by atoms with Gasteiger partial charge < -0.3 is 18.9 Å². The van der Waals surface area contributed by atoms with Crippen LogP contribution >= 0.6 is 0 Å². The first-order valence-corrected chi connectivity index (χ1v) is 9.09. The summed E-state index contributed by atoms with van der Waals surface area (Å²) in [6.45, 7) is 3.47. The van der Waals surface area contributed by atoms with E-state index in [4.69, 9.17) is 9.47 Å². The first-order chi connectivity index (χ1) is 12.7. The zero-order valence-corrected chi connectivity index (χ0v) is 15.0. The van der Waals surface area contributed by atoms with E-state index in [1.54, 1.807) is 18.3 Å². The Morgan fingerprint density at radius 2 is 2.12 bits per heavy atom. The highest BCUT2D eigenvalue weighted by atomic mass is 16.5. The topological polar surface area (TPSA) is 69.5 Å². The number of aromatic nitrogens is 3. The van der Waals surface area contributed by atoms with Crippen molar-refractivity contribution in [1.29, 1.82) is 0 Å². The molecule has 138 valence electrons. The fourth-order valence-corrected chi connectivity index (χ4v) is 3.38. The number of hydrogen-bond donors (Lipinski definition) is 0. The molecule has 0 spiro atoms. The van der Waals surface area contributed by atoms with Crippen molar-refractivity contribution in [3.8, 4) is 5.88 Å². The van der Waals surface area contributed by atoms with Crippen LogP contribution < -0.4 is 4.74 Å². The molecule has 1 aliphatic heterocycles. The lowest BCUT2D eigenvalue weighted by Gasteiger charge is -2.24. The number of carbonyl (C=O) groups is 1. The summed E-state index contributed by atoms with van der Waals surface area (Å²) in [7, 11) is 1.53. The van der Waals surface area contributed by atoms with Crippen LogP contribution in [0.15, 0.2) is 30.9 Å². The molecule has 0 N–H and O–H groups in total. The number of imidazole rings is 1. The lowest BCUT2D eigenvalue weighted by molar-refractivity contribution is 0.0569. The molecule has 2 aliphatic rings. The largest absolute Gasteiger partial charge is 0.480 e. The minimum atomic E-state index is -0.0724. The molecule has 2 aromatic rings. The summed E-state index contributed by atoms with van der Waals surface area (Å²) in [5, 5.41) is 0. The molecule has 7 nitrogen and oxygen atoms in total. The van der Waals surface area contributed by atoms with Gasteiger partial charge in [-0.3, -0.25) is 4.79 Å². The highest BCUT2D eigenvalue weighted by molar-refractivity contribution is 5.96. The molecule has 0 bridgehead atoms. The molecular weight excluding hydrogens is 332 g/mol. The highest BCUT2D eigenvalue weighted by Crippen LogP contribution is 2.29. The van der Waals surface area contributed by atoms with Crippen LogP contribution in [-0.2, 0) is 17.8 Å². The Morgan fingerprint density at radius 3 is 2.92 bits per heavy atom. The quantitative estimate of drug-likeness (QED) is 0.792. The number of fused-ring (bicyclic) bond motifs is 1. The second-order valence-corrected chi connectivity index (χ2v) is 7.13. The Morgan fingerprint density at radius 1 is 1.27 bits per heavy atom. The fourth-order valence-electron chi connectivity index (χ4n) is 3.38. The predicted molar refractivity (Wildman–Crippen MR) is 94.8 cm³/mol. The molecule has 0 saturated heterocycles. The monoisotopic (exact) mass is 356 g/mol. The number of rotatable bonds is 6. The predicted octanol–water partition coefficient (Wildman–Crippen LogP) is 1.99. The Bertz CT molecular complexity index is 772. The van der Waals surface area contributed by atoms with Crippen LogP contribution in [-0.4, -0.2) is 52.2 Å². The van der Waals surface area contributed by atoms with Gasteiger partial charge in [-0.05, 0) is 30.9 Å². The zero-order chi connectivity index (χ0) is 17.9. The molecule has 1 aliphatic carbocycles. The molecule has 0 aromatic carbocycles. The molecule has 7 heteroatoms. The second kappa shape index (κ2) is 7.45. The van der Waals surface area contributed by atoms with Gasteiger partial charge in [-0.25, -0.2) is 9.97 Å². The number of amides is 1. The van der Waals surface area contributed by atoms with Crippen LogP contribution in [0.3, 0.4) is 0 Å². The lowest BCUT2D eigenvalue weighted by atomic mass is 10.1. The zero-order valence-electron chi connectivity index (χ0n) is 15.0. The second-order valence-electron chi connectivity index (χ2n) is 7.13. The first kappa shape index (κ1) is 17.0. The normalized spacial score (nSPS) is 19.7. The van der Waals surface area contributed by atoms with Gasteiger partial charge in [0.05, 0.1) is 32.3 Å². The van der Waals surface area contributed by atoms with E-state index in [9.17, 15) is 4.79 Å². The molecule has 1 saturated carbocycles. The standard InChI is InChI=1S/C19H24N4O3/c1-25-18-17(3-2-6-21-18)19(24)22-8-15(12-26-11-14-4-5-14)9-23-13-20-7-16(23)10-22/h2-3,6-7,13-15H,4-5,8-12H2,1H3. The van der Waals surface area contributed by atoms with E-state index in [0.29, 0.717) is 31.1 Å². The molecule has 1 atom stereocenters. The van der Waals surface area contributed by atoms with Crippen molar-refractivity contribution < 1.29 is 14.3 Å². The maximum absolute atomic E-state index is 13.1. The number of carbonyl (C=O) groups excluding carboxylic acids is 1. The van der Waals surface area contributed by atoms with Gasteiger partial charge in [-0.2, -0.15) is 0 Å². The average molecular weight is 356 g/mol. The van der Waals surface area contributed by atoms with Crippen molar-refractivity contribution in [3.05, 3.63) is 42.1 Å². The number of methoxy groups -OCH3 is 1. The van der Waals surface area contributed by atoms with Gasteiger partial charge >= 0.3 is 0 Å². The van der Waals surface area contributed by atoms with E-state index >= 15 is 0 Å². The third kappa shape index (κ3) is 3.72. The van der Waals surface area contributed by atoms with Crippen LogP contribution in [0.5, 0.6) is 5.88 Å². The maximum atomic E-state index is 13.1. The lowest BCUT2D eigenvalue weighted by Crippen LogP contribution is -2.35. The van der Waals surface area contributed by atoms with Crippen molar-refractivity contribution in [2.45, 2.75) is 25.9 Å². The van der Waals surface area contributed by atoms with Crippen molar-refractivity contribution in [3.63, 3.8) is 0 Å². The van der Waals surface area contributed by atoms with Crippen LogP contribution in [0.1, 0.15) is 28.9 Å². The Kier molecular flexibility index (Phi) is 4.88. The van der Waals surface area contributed by atoms with Gasteiger partial charge in [0.1, 0.15) is 5.56 Å². The van der Waals surface area contributed by atoms with Gasteiger partial charge in [0.25, 0.3) is 5.91 Å². The van der Waals surface area contributed by atoms with Gasteiger partial charge in [0, 0.05) is 38.0 Å². The number of pyridine rings is 1. The summed E-state index contributed by atoms with van der Waals surface area (Å²) in [5.74, 6) is 1.26. The summed E-state index contributed by atoms with van der Waals surface area (Å²) in [6.07, 6.45) is 7.85. The van der Waals surface area contributed by atoms with Gasteiger partial charge in [0.2, 0.25) is 5.88 Å². The molecule has 1 unspecified atom stereocenters. The van der Waals surface area contributed by atoms with E-state index in [2.05, 4.69) is 14.5 Å². The van der Waals surface area contributed by atoms with Crippen LogP contribution in [0.2, 0.25) is 0 Å². The Labute approximate surface area is 152 Å². The number of ether oxygens (including phenoxy) is 2. The van der Waals surface area contributed by atoms with Crippen LogP contribution in [0.4, 0.5) is 0 Å². The summed E-state index contributed by atoms with van der Waals surface area (Å²) in [5.41, 5.74) is 1.52. The minimum absolute atomic E-state index is 0.0724. The molecule has 26 heavy (non-hydrogen) atoms. The van der Waals surface area contributed by atoms with Crippen molar-refractivity contribution in [1.82, 2.24) is 19.4 Å². The minimum Gasteiger partial charge on any atom is -0.480 e. The van der Waals surface area contributed by atoms with Gasteiger partial charge in [-0.15, -0.1) is 0 Å². The molecular formula is C19H24N4O3. The third-order valence-corrected chi connectivity index (χ3v) is 4.97. The molecule has 1 fully saturated rings. The molecule has 0 radical (unpaired) electrons. The third-order valence-electron chi connectivity index (χ3n) is 4.97. The number of hydrogen-bond acceptors (Lipinski definition) is 5. The van der Waals surface area contributed by atoms with E-state index in [0.717, 1.165) is 24.8 Å². The average Bonchev–Trinajstić information content (AvgIpc) is 3.42. The van der Waals surface area contributed by atoms with Crippen LogP contribution in [0.25, 0.3) is 0 Å². The van der Waals surface area contributed by atoms with Crippen molar-refractivity contribution >= 4 is 5.91 Å². The SMILES string of the molecule is COc1ncccc1C(=O)N1Cc2cncn2CC(COCC2CC2)C1. The molecule has 2 aromatic heterocycles. The number of nitrogens with zero attached hydrogens (tertiary/aromatic N) is 4. The van der Waals surface area contributed by atoms with E-state index in [1.165, 1.54) is 20.0 Å².